The number of ether oxygens (including phenoxy) is 1. The Morgan fingerprint density at radius 1 is 1.35 bits per heavy atom. The van der Waals surface area contributed by atoms with Crippen LogP contribution in [0.1, 0.15) is 20.3 Å². The summed E-state index contributed by atoms with van der Waals surface area (Å²) in [7, 11) is -4.14. The van der Waals surface area contributed by atoms with Crippen molar-refractivity contribution in [3.8, 4) is 0 Å². The molecule has 0 unspecified atom stereocenters. The van der Waals surface area contributed by atoms with Crippen molar-refractivity contribution in [2.24, 2.45) is 0 Å². The first-order chi connectivity index (χ1) is 12.2. The predicted octanol–water partition coefficient (Wildman–Crippen LogP) is 1.86. The smallest absolute Gasteiger partial charge is 0.244 e. The molecule has 146 valence electrons. The molecule has 0 radical (unpaired) electrons. The van der Waals surface area contributed by atoms with E-state index in [1.54, 1.807) is 4.90 Å². The second kappa shape index (κ2) is 9.16. The van der Waals surface area contributed by atoms with Crippen molar-refractivity contribution >= 4 is 27.7 Å². The third-order valence-corrected chi connectivity index (χ3v) is 6.21. The highest BCUT2D eigenvalue weighted by Gasteiger charge is 2.33. The quantitative estimate of drug-likeness (QED) is 0.751. The number of hydrogen-bond acceptors (Lipinski definition) is 5. The average Bonchev–Trinajstić information content (AvgIpc) is 2.57. The molecule has 0 saturated carbocycles. The molecule has 0 bridgehead atoms. The van der Waals surface area contributed by atoms with E-state index in [0.29, 0.717) is 25.3 Å². The van der Waals surface area contributed by atoms with Crippen LogP contribution in [0.3, 0.4) is 0 Å². The van der Waals surface area contributed by atoms with Crippen LogP contribution >= 0.6 is 11.8 Å². The van der Waals surface area contributed by atoms with Crippen LogP contribution in [0, 0.1) is 5.82 Å². The molecule has 0 spiro atoms. The maximum absolute atomic E-state index is 13.9. The predicted molar refractivity (Wildman–Crippen MR) is 100 cm³/mol. The minimum atomic E-state index is -4.14. The molecule has 0 aliphatic carbocycles. The topological polar surface area (TPSA) is 75.7 Å². The molecule has 1 heterocycles. The Bertz CT molecular complexity index is 719. The minimum absolute atomic E-state index is 0.118. The monoisotopic (exact) mass is 404 g/mol. The zero-order valence-corrected chi connectivity index (χ0v) is 16.8. The van der Waals surface area contributed by atoms with E-state index in [0.717, 1.165) is 6.07 Å². The first-order valence-electron chi connectivity index (χ1n) is 8.44. The summed E-state index contributed by atoms with van der Waals surface area (Å²) in [6.45, 7) is 4.55. The van der Waals surface area contributed by atoms with Gasteiger partial charge in [0.25, 0.3) is 0 Å². The van der Waals surface area contributed by atoms with Crippen molar-refractivity contribution in [3.05, 3.63) is 30.1 Å². The molecule has 6 nitrogen and oxygen atoms in total. The molecule has 9 heteroatoms. The number of amides is 1. The van der Waals surface area contributed by atoms with Crippen molar-refractivity contribution in [2.75, 3.05) is 25.1 Å². The van der Waals surface area contributed by atoms with Gasteiger partial charge in [-0.05, 0) is 44.4 Å². The van der Waals surface area contributed by atoms with Crippen LogP contribution < -0.4 is 4.72 Å². The van der Waals surface area contributed by atoms with E-state index in [9.17, 15) is 17.6 Å². The molecule has 1 fully saturated rings. The van der Waals surface area contributed by atoms with Gasteiger partial charge < -0.3 is 9.64 Å². The molecule has 2 rings (SSSR count). The summed E-state index contributed by atoms with van der Waals surface area (Å²) in [5, 5.41) is 0. The lowest BCUT2D eigenvalue weighted by atomic mass is 10.1. The molecular weight excluding hydrogens is 379 g/mol. The van der Waals surface area contributed by atoms with Gasteiger partial charge in [-0.1, -0.05) is 12.1 Å². The Balaban J connectivity index is 2.21. The van der Waals surface area contributed by atoms with Gasteiger partial charge in [0.2, 0.25) is 15.9 Å². The van der Waals surface area contributed by atoms with Gasteiger partial charge in [-0.15, -0.1) is 0 Å². The molecule has 1 aromatic rings. The molecule has 1 amide bonds. The largest absolute Gasteiger partial charge is 0.372 e. The number of benzene rings is 1. The summed E-state index contributed by atoms with van der Waals surface area (Å²) in [5.41, 5.74) is 0. The number of hydrogen-bond donors (Lipinski definition) is 1. The number of nitrogens with one attached hydrogen (secondary N) is 1. The molecule has 1 aliphatic rings. The van der Waals surface area contributed by atoms with E-state index < -0.39 is 26.8 Å². The first kappa shape index (κ1) is 21.1. The van der Waals surface area contributed by atoms with Crippen LogP contribution in [-0.4, -0.2) is 62.6 Å². The molecule has 0 aromatic heterocycles. The lowest BCUT2D eigenvalue weighted by Gasteiger charge is -2.37. The second-order valence-electron chi connectivity index (χ2n) is 6.39. The number of carbonyl (C=O) groups is 1. The van der Waals surface area contributed by atoms with E-state index in [1.807, 2.05) is 20.1 Å². The van der Waals surface area contributed by atoms with Gasteiger partial charge in [-0.25, -0.2) is 12.8 Å². The molecular formula is C17H25FN2O4S2. The Labute approximate surface area is 158 Å². The molecule has 1 aliphatic heterocycles. The van der Waals surface area contributed by atoms with Crippen molar-refractivity contribution in [3.63, 3.8) is 0 Å². The third kappa shape index (κ3) is 5.42. The van der Waals surface area contributed by atoms with Gasteiger partial charge in [0, 0.05) is 13.1 Å². The van der Waals surface area contributed by atoms with E-state index in [2.05, 4.69) is 4.72 Å². The summed E-state index contributed by atoms with van der Waals surface area (Å²) in [6, 6.07) is 4.19. The van der Waals surface area contributed by atoms with Gasteiger partial charge in [0.15, 0.2) is 0 Å². The second-order valence-corrected chi connectivity index (χ2v) is 9.05. The first-order valence-corrected chi connectivity index (χ1v) is 11.3. The lowest BCUT2D eigenvalue weighted by Crippen LogP contribution is -2.55. The summed E-state index contributed by atoms with van der Waals surface area (Å²) in [6.07, 6.45) is 1.97. The summed E-state index contributed by atoms with van der Waals surface area (Å²) >= 11 is 1.52. The van der Waals surface area contributed by atoms with Crippen LogP contribution in [0.15, 0.2) is 29.2 Å². The Morgan fingerprint density at radius 2 is 1.96 bits per heavy atom. The lowest BCUT2D eigenvalue weighted by molar-refractivity contribution is -0.145. The fourth-order valence-electron chi connectivity index (χ4n) is 2.96. The molecule has 1 N–H and O–H groups in total. The van der Waals surface area contributed by atoms with Gasteiger partial charge in [0.05, 0.1) is 12.2 Å². The van der Waals surface area contributed by atoms with E-state index in [1.165, 1.54) is 30.0 Å². The Kier molecular flexibility index (Phi) is 7.45. The number of rotatable bonds is 7. The van der Waals surface area contributed by atoms with Crippen LogP contribution in [0.2, 0.25) is 0 Å². The highest BCUT2D eigenvalue weighted by atomic mass is 32.2. The Morgan fingerprint density at radius 3 is 2.54 bits per heavy atom. The third-order valence-electron chi connectivity index (χ3n) is 4.06. The van der Waals surface area contributed by atoms with Crippen LogP contribution in [0.4, 0.5) is 4.39 Å². The van der Waals surface area contributed by atoms with E-state index in [-0.39, 0.29) is 18.1 Å². The number of nitrogens with zero attached hydrogens (tertiary/aromatic N) is 1. The zero-order chi connectivity index (χ0) is 19.3. The fourth-order valence-corrected chi connectivity index (χ4v) is 4.73. The van der Waals surface area contributed by atoms with Crippen molar-refractivity contribution in [1.29, 1.82) is 0 Å². The van der Waals surface area contributed by atoms with E-state index in [4.69, 9.17) is 4.74 Å². The summed E-state index contributed by atoms with van der Waals surface area (Å²) < 4.78 is 47.1. The number of carbonyl (C=O) groups excluding carboxylic acids is 1. The maximum Gasteiger partial charge on any atom is 0.244 e. The highest BCUT2D eigenvalue weighted by Crippen LogP contribution is 2.17. The Hall–Kier alpha value is -1.16. The number of sulfonamides is 1. The van der Waals surface area contributed by atoms with Crippen molar-refractivity contribution < 1.29 is 22.3 Å². The van der Waals surface area contributed by atoms with Gasteiger partial charge in [-0.2, -0.15) is 16.5 Å². The number of thioether (sulfide) groups is 1. The zero-order valence-electron chi connectivity index (χ0n) is 15.1. The van der Waals surface area contributed by atoms with Crippen molar-refractivity contribution in [2.45, 2.75) is 43.4 Å². The normalized spacial score (nSPS) is 22.2. The number of morpholine rings is 1. The highest BCUT2D eigenvalue weighted by molar-refractivity contribution is 7.98. The minimum Gasteiger partial charge on any atom is -0.372 e. The van der Waals surface area contributed by atoms with E-state index >= 15 is 0 Å². The number of halogens is 1. The van der Waals surface area contributed by atoms with Gasteiger partial charge >= 0.3 is 0 Å². The standard InChI is InChI=1S/C17H25FN2O4S2/c1-12-10-20(11-13(2)24-12)17(21)15(8-9-25-3)19-26(22,23)16-7-5-4-6-14(16)18/h4-7,12-13,15,19H,8-11H2,1-3H3/t12-,13+,15-/m0/s1. The molecule has 1 saturated heterocycles. The van der Waals surface area contributed by atoms with Crippen molar-refractivity contribution in [1.82, 2.24) is 9.62 Å². The van der Waals surface area contributed by atoms with Crippen LogP contribution in [-0.2, 0) is 19.6 Å². The average molecular weight is 405 g/mol. The van der Waals surface area contributed by atoms with Crippen LogP contribution in [0.5, 0.6) is 0 Å². The van der Waals surface area contributed by atoms with Gasteiger partial charge in [0.1, 0.15) is 16.8 Å². The molecule has 1 aromatic carbocycles. The maximum atomic E-state index is 13.9. The summed E-state index contributed by atoms with van der Waals surface area (Å²) in [5.74, 6) is -0.545. The van der Waals surface area contributed by atoms with Gasteiger partial charge in [-0.3, -0.25) is 4.79 Å². The molecule has 3 atom stereocenters. The SMILES string of the molecule is CSCC[C@H](NS(=O)(=O)c1ccccc1F)C(=O)N1C[C@@H](C)O[C@@H](C)C1. The van der Waals surface area contributed by atoms with Crippen LogP contribution in [0.25, 0.3) is 0 Å². The summed E-state index contributed by atoms with van der Waals surface area (Å²) in [4.78, 5) is 14.1. The fraction of sp³-hybridized carbons (Fsp3) is 0.588. The molecule has 26 heavy (non-hydrogen) atoms.